The smallest absolute Gasteiger partial charge is 0.0981 e. The fraction of sp³-hybridized carbons (Fsp3) is 0.846. The van der Waals surface area contributed by atoms with E-state index in [1.54, 1.807) is 7.11 Å². The highest BCUT2D eigenvalue weighted by Crippen LogP contribution is 2.33. The van der Waals surface area contributed by atoms with Crippen LogP contribution in [-0.4, -0.2) is 25.3 Å². The van der Waals surface area contributed by atoms with Gasteiger partial charge in [-0.05, 0) is 25.8 Å². The first-order valence-electron chi connectivity index (χ1n) is 6.03. The molecule has 1 saturated carbocycles. The van der Waals surface area contributed by atoms with Gasteiger partial charge in [0.2, 0.25) is 0 Å². The lowest BCUT2D eigenvalue weighted by Gasteiger charge is -2.40. The van der Waals surface area contributed by atoms with Crippen molar-refractivity contribution in [3.05, 3.63) is 0 Å². The molecular weight excluding hydrogens is 186 g/mol. The van der Waals surface area contributed by atoms with Crippen molar-refractivity contribution in [1.29, 1.82) is 0 Å². The van der Waals surface area contributed by atoms with Crippen LogP contribution in [0.3, 0.4) is 0 Å². The maximum absolute atomic E-state index is 5.72. The summed E-state index contributed by atoms with van der Waals surface area (Å²) in [5, 5.41) is 3.42. The molecule has 1 aliphatic carbocycles. The molecule has 0 amide bonds. The number of hydrogen-bond acceptors (Lipinski definition) is 2. The van der Waals surface area contributed by atoms with Crippen LogP contribution in [0.5, 0.6) is 0 Å². The number of hydrogen-bond donors (Lipinski definition) is 1. The first-order chi connectivity index (χ1) is 7.29. The highest BCUT2D eigenvalue weighted by Gasteiger charge is 2.38. The van der Waals surface area contributed by atoms with E-state index >= 15 is 0 Å². The van der Waals surface area contributed by atoms with Crippen LogP contribution in [-0.2, 0) is 4.74 Å². The lowest BCUT2D eigenvalue weighted by Crippen LogP contribution is -2.52. The summed E-state index contributed by atoms with van der Waals surface area (Å²) in [6, 6.07) is 0.0720. The number of rotatable bonds is 5. The van der Waals surface area contributed by atoms with Gasteiger partial charge in [0.05, 0.1) is 11.6 Å². The standard InChI is InChI=1S/C13H23NO/c1-4-11-14-12(5-2)13(15-3)9-7-6-8-10-13/h2,12,14H,4,6-11H2,1,3H3. The van der Waals surface area contributed by atoms with Crippen LogP contribution >= 0.6 is 0 Å². The van der Waals surface area contributed by atoms with Gasteiger partial charge in [0.1, 0.15) is 0 Å². The summed E-state index contributed by atoms with van der Waals surface area (Å²) in [4.78, 5) is 0. The molecule has 15 heavy (non-hydrogen) atoms. The Morgan fingerprint density at radius 3 is 2.53 bits per heavy atom. The van der Waals surface area contributed by atoms with Crippen molar-refractivity contribution in [2.75, 3.05) is 13.7 Å². The Morgan fingerprint density at radius 2 is 2.07 bits per heavy atom. The molecule has 1 rings (SSSR count). The number of nitrogens with one attached hydrogen (secondary N) is 1. The van der Waals surface area contributed by atoms with Crippen molar-refractivity contribution < 1.29 is 4.74 Å². The van der Waals surface area contributed by atoms with Crippen LogP contribution < -0.4 is 5.32 Å². The minimum atomic E-state index is -0.109. The molecule has 1 fully saturated rings. The lowest BCUT2D eigenvalue weighted by molar-refractivity contribution is -0.0537. The molecule has 86 valence electrons. The predicted octanol–water partition coefficient (Wildman–Crippen LogP) is 2.34. The van der Waals surface area contributed by atoms with Crippen LogP contribution in [0.25, 0.3) is 0 Å². The summed E-state index contributed by atoms with van der Waals surface area (Å²) >= 11 is 0. The number of terminal acetylenes is 1. The number of ether oxygens (including phenoxy) is 1. The van der Waals surface area contributed by atoms with E-state index in [0.717, 1.165) is 25.8 Å². The maximum Gasteiger partial charge on any atom is 0.0981 e. The van der Waals surface area contributed by atoms with Gasteiger partial charge in [-0.25, -0.2) is 0 Å². The Kier molecular flexibility index (Phi) is 5.14. The summed E-state index contributed by atoms with van der Waals surface area (Å²) in [5.74, 6) is 2.86. The molecule has 0 aliphatic heterocycles. The monoisotopic (exact) mass is 209 g/mol. The average Bonchev–Trinajstić information content (AvgIpc) is 2.31. The fourth-order valence-electron chi connectivity index (χ4n) is 2.45. The minimum Gasteiger partial charge on any atom is -0.376 e. The highest BCUT2D eigenvalue weighted by atomic mass is 16.5. The molecule has 0 radical (unpaired) electrons. The SMILES string of the molecule is C#CC(NCCC)C1(OC)CCCCC1. The van der Waals surface area contributed by atoms with Gasteiger partial charge in [0, 0.05) is 7.11 Å². The Balaban J connectivity index is 2.64. The third kappa shape index (κ3) is 2.96. The topological polar surface area (TPSA) is 21.3 Å². The van der Waals surface area contributed by atoms with Gasteiger partial charge >= 0.3 is 0 Å². The summed E-state index contributed by atoms with van der Waals surface area (Å²) in [7, 11) is 1.79. The third-order valence-corrected chi connectivity index (χ3v) is 3.40. The van der Waals surface area contributed by atoms with Crippen LogP contribution in [0, 0.1) is 12.3 Å². The Labute approximate surface area is 93.8 Å². The fourth-order valence-corrected chi connectivity index (χ4v) is 2.45. The van der Waals surface area contributed by atoms with Gasteiger partial charge in [-0.3, -0.25) is 0 Å². The van der Waals surface area contributed by atoms with Gasteiger partial charge in [-0.15, -0.1) is 6.42 Å². The molecule has 0 saturated heterocycles. The van der Waals surface area contributed by atoms with Gasteiger partial charge in [-0.2, -0.15) is 0 Å². The van der Waals surface area contributed by atoms with E-state index in [4.69, 9.17) is 11.2 Å². The molecule has 1 N–H and O–H groups in total. The molecular formula is C13H23NO. The zero-order valence-electron chi connectivity index (χ0n) is 10.0. The van der Waals surface area contributed by atoms with Crippen LogP contribution in [0.15, 0.2) is 0 Å². The quantitative estimate of drug-likeness (QED) is 0.702. The molecule has 0 heterocycles. The third-order valence-electron chi connectivity index (χ3n) is 3.40. The zero-order chi connectivity index (χ0) is 11.1. The molecule has 0 aromatic carbocycles. The predicted molar refractivity (Wildman–Crippen MR) is 63.7 cm³/mol. The van der Waals surface area contributed by atoms with E-state index < -0.39 is 0 Å². The van der Waals surface area contributed by atoms with Crippen molar-refractivity contribution in [1.82, 2.24) is 5.32 Å². The molecule has 0 aromatic rings. The molecule has 0 spiro atoms. The normalized spacial score (nSPS) is 21.9. The highest BCUT2D eigenvalue weighted by molar-refractivity contribution is 5.11. The molecule has 2 nitrogen and oxygen atoms in total. The average molecular weight is 209 g/mol. The molecule has 1 unspecified atom stereocenters. The molecule has 0 aromatic heterocycles. The van der Waals surface area contributed by atoms with Crippen molar-refractivity contribution in [3.63, 3.8) is 0 Å². The summed E-state index contributed by atoms with van der Waals surface area (Å²) in [6.07, 6.45) is 12.7. The summed E-state index contributed by atoms with van der Waals surface area (Å²) in [5.41, 5.74) is -0.109. The summed E-state index contributed by atoms with van der Waals surface area (Å²) < 4.78 is 5.72. The Bertz CT molecular complexity index is 213. The minimum absolute atomic E-state index is 0.0720. The second-order valence-corrected chi connectivity index (χ2v) is 4.38. The van der Waals surface area contributed by atoms with E-state index in [2.05, 4.69) is 18.2 Å². The van der Waals surface area contributed by atoms with E-state index in [0.29, 0.717) is 0 Å². The molecule has 1 aliphatic rings. The zero-order valence-corrected chi connectivity index (χ0v) is 10.0. The first kappa shape index (κ1) is 12.5. The van der Waals surface area contributed by atoms with E-state index in [9.17, 15) is 0 Å². The van der Waals surface area contributed by atoms with E-state index in [-0.39, 0.29) is 11.6 Å². The van der Waals surface area contributed by atoms with Gasteiger partial charge in [0.15, 0.2) is 0 Å². The van der Waals surface area contributed by atoms with Gasteiger partial charge < -0.3 is 10.1 Å². The van der Waals surface area contributed by atoms with Crippen LogP contribution in [0.1, 0.15) is 45.4 Å². The van der Waals surface area contributed by atoms with Crippen LogP contribution in [0.4, 0.5) is 0 Å². The van der Waals surface area contributed by atoms with E-state index in [1.165, 1.54) is 19.3 Å². The summed E-state index contributed by atoms with van der Waals surface area (Å²) in [6.45, 7) is 3.13. The Morgan fingerprint density at radius 1 is 1.40 bits per heavy atom. The number of methoxy groups -OCH3 is 1. The maximum atomic E-state index is 5.72. The van der Waals surface area contributed by atoms with Crippen molar-refractivity contribution in [2.24, 2.45) is 0 Å². The lowest BCUT2D eigenvalue weighted by atomic mass is 9.79. The first-order valence-corrected chi connectivity index (χ1v) is 6.03. The van der Waals surface area contributed by atoms with Crippen molar-refractivity contribution >= 4 is 0 Å². The molecule has 2 heteroatoms. The second kappa shape index (κ2) is 6.15. The van der Waals surface area contributed by atoms with Crippen molar-refractivity contribution in [3.8, 4) is 12.3 Å². The molecule has 0 bridgehead atoms. The van der Waals surface area contributed by atoms with Crippen molar-refractivity contribution in [2.45, 2.75) is 57.1 Å². The van der Waals surface area contributed by atoms with Gasteiger partial charge in [-0.1, -0.05) is 32.1 Å². The molecule has 1 atom stereocenters. The van der Waals surface area contributed by atoms with E-state index in [1.807, 2.05) is 0 Å². The Hall–Kier alpha value is -0.520. The van der Waals surface area contributed by atoms with Gasteiger partial charge in [0.25, 0.3) is 0 Å². The second-order valence-electron chi connectivity index (χ2n) is 4.38. The largest absolute Gasteiger partial charge is 0.376 e. The van der Waals surface area contributed by atoms with Crippen LogP contribution in [0.2, 0.25) is 0 Å².